The quantitative estimate of drug-likeness (QED) is 0.820. The van der Waals surface area contributed by atoms with E-state index in [1.54, 1.807) is 29.2 Å². The highest BCUT2D eigenvalue weighted by Gasteiger charge is 2.35. The first-order valence-electron chi connectivity index (χ1n) is 8.96. The number of anilines is 3. The van der Waals surface area contributed by atoms with E-state index in [-0.39, 0.29) is 29.6 Å². The Morgan fingerprint density at radius 1 is 1.14 bits per heavy atom. The van der Waals surface area contributed by atoms with E-state index in [0.717, 1.165) is 5.01 Å². The zero-order valence-electron chi connectivity index (χ0n) is 16.3. The van der Waals surface area contributed by atoms with Crippen LogP contribution in [0.3, 0.4) is 0 Å². The highest BCUT2D eigenvalue weighted by molar-refractivity contribution is 7.15. The fourth-order valence-electron chi connectivity index (χ4n) is 2.84. The van der Waals surface area contributed by atoms with Crippen molar-refractivity contribution >= 4 is 45.6 Å². The second-order valence-electron chi connectivity index (χ2n) is 7.79. The van der Waals surface area contributed by atoms with Gasteiger partial charge in [-0.2, -0.15) is 0 Å². The van der Waals surface area contributed by atoms with Crippen molar-refractivity contribution in [3.8, 4) is 0 Å². The molecule has 1 aromatic heterocycles. The van der Waals surface area contributed by atoms with E-state index in [1.165, 1.54) is 18.3 Å². The normalized spacial score (nSPS) is 16.9. The molecule has 1 aromatic carbocycles. The summed E-state index contributed by atoms with van der Waals surface area (Å²) in [5.74, 6) is -0.958. The number of nitrogens with one attached hydrogen (secondary N) is 2. The van der Waals surface area contributed by atoms with Crippen LogP contribution in [0.15, 0.2) is 24.3 Å². The number of hydrogen-bond donors (Lipinski definition) is 2. The van der Waals surface area contributed by atoms with Gasteiger partial charge in [-0.1, -0.05) is 32.1 Å². The molecule has 1 saturated heterocycles. The standard InChI is InChI=1S/C19H23N5O3S/c1-11(25)20-13-5-7-14(8-6-13)24-10-12(9-15(24)26)16(27)21-18-23-22-17(28-18)19(2,3)4/h5-8,12H,9-10H2,1-4H3,(H,20,25)(H,21,23,27). The molecule has 9 heteroatoms. The Balaban J connectivity index is 1.64. The topological polar surface area (TPSA) is 104 Å². The van der Waals surface area contributed by atoms with Crippen molar-refractivity contribution < 1.29 is 14.4 Å². The van der Waals surface area contributed by atoms with Crippen molar-refractivity contribution in [3.63, 3.8) is 0 Å². The lowest BCUT2D eigenvalue weighted by Gasteiger charge is -2.17. The van der Waals surface area contributed by atoms with E-state index in [4.69, 9.17) is 0 Å². The van der Waals surface area contributed by atoms with Crippen LogP contribution < -0.4 is 15.5 Å². The summed E-state index contributed by atoms with van der Waals surface area (Å²) in [6.07, 6.45) is 0.143. The Bertz CT molecular complexity index is 901. The van der Waals surface area contributed by atoms with Crippen molar-refractivity contribution in [2.45, 2.75) is 39.5 Å². The van der Waals surface area contributed by atoms with Gasteiger partial charge in [0.05, 0.1) is 5.92 Å². The van der Waals surface area contributed by atoms with Gasteiger partial charge in [-0.25, -0.2) is 0 Å². The van der Waals surface area contributed by atoms with Crippen LogP contribution in [-0.2, 0) is 19.8 Å². The molecule has 1 fully saturated rings. The Hall–Kier alpha value is -2.81. The lowest BCUT2D eigenvalue weighted by Crippen LogP contribution is -2.28. The van der Waals surface area contributed by atoms with Gasteiger partial charge in [0.1, 0.15) is 5.01 Å². The Labute approximate surface area is 167 Å². The predicted molar refractivity (Wildman–Crippen MR) is 108 cm³/mol. The van der Waals surface area contributed by atoms with E-state index >= 15 is 0 Å². The lowest BCUT2D eigenvalue weighted by molar-refractivity contribution is -0.122. The minimum absolute atomic E-state index is 0.111. The van der Waals surface area contributed by atoms with Crippen LogP contribution in [-0.4, -0.2) is 34.5 Å². The fraction of sp³-hybridized carbons (Fsp3) is 0.421. The molecule has 0 bridgehead atoms. The molecule has 1 aliphatic heterocycles. The molecule has 8 nitrogen and oxygen atoms in total. The summed E-state index contributed by atoms with van der Waals surface area (Å²) < 4.78 is 0. The van der Waals surface area contributed by atoms with Gasteiger partial charge in [0, 0.05) is 36.7 Å². The summed E-state index contributed by atoms with van der Waals surface area (Å²) in [5.41, 5.74) is 1.22. The molecule has 1 aliphatic rings. The average Bonchev–Trinajstić information content (AvgIpc) is 3.22. The van der Waals surface area contributed by atoms with Gasteiger partial charge < -0.3 is 15.5 Å². The summed E-state index contributed by atoms with van der Waals surface area (Å²) in [4.78, 5) is 37.7. The molecule has 2 aromatic rings. The maximum atomic E-state index is 12.6. The number of carbonyl (C=O) groups excluding carboxylic acids is 3. The van der Waals surface area contributed by atoms with Crippen LogP contribution in [0.4, 0.5) is 16.5 Å². The maximum absolute atomic E-state index is 12.6. The Morgan fingerprint density at radius 2 is 1.82 bits per heavy atom. The Kier molecular flexibility index (Phi) is 5.46. The van der Waals surface area contributed by atoms with Crippen LogP contribution in [0.2, 0.25) is 0 Å². The predicted octanol–water partition coefficient (Wildman–Crippen LogP) is 2.79. The second kappa shape index (κ2) is 7.67. The molecule has 2 heterocycles. The van der Waals surface area contributed by atoms with Crippen LogP contribution >= 0.6 is 11.3 Å². The third-order valence-electron chi connectivity index (χ3n) is 4.29. The van der Waals surface area contributed by atoms with E-state index in [2.05, 4.69) is 20.8 Å². The van der Waals surface area contributed by atoms with E-state index in [0.29, 0.717) is 23.1 Å². The minimum atomic E-state index is -0.454. The van der Waals surface area contributed by atoms with E-state index in [9.17, 15) is 14.4 Å². The zero-order chi connectivity index (χ0) is 20.5. The molecule has 2 N–H and O–H groups in total. The number of carbonyl (C=O) groups is 3. The van der Waals surface area contributed by atoms with Crippen LogP contribution in [0, 0.1) is 5.92 Å². The number of aromatic nitrogens is 2. The minimum Gasteiger partial charge on any atom is -0.326 e. The fourth-order valence-corrected chi connectivity index (χ4v) is 3.65. The summed E-state index contributed by atoms with van der Waals surface area (Å²) in [6, 6.07) is 6.97. The molecule has 3 amide bonds. The number of hydrogen-bond acceptors (Lipinski definition) is 6. The lowest BCUT2D eigenvalue weighted by atomic mass is 9.98. The summed E-state index contributed by atoms with van der Waals surface area (Å²) in [5, 5.41) is 14.9. The summed E-state index contributed by atoms with van der Waals surface area (Å²) in [7, 11) is 0. The van der Waals surface area contributed by atoms with Crippen LogP contribution in [0.1, 0.15) is 39.1 Å². The molecular formula is C19H23N5O3S. The second-order valence-corrected chi connectivity index (χ2v) is 8.76. The molecule has 0 radical (unpaired) electrons. The average molecular weight is 401 g/mol. The molecule has 0 aliphatic carbocycles. The third-order valence-corrected chi connectivity index (χ3v) is 5.56. The van der Waals surface area contributed by atoms with Crippen LogP contribution in [0.5, 0.6) is 0 Å². The highest BCUT2D eigenvalue weighted by atomic mass is 32.1. The number of rotatable bonds is 4. The molecule has 3 rings (SSSR count). The summed E-state index contributed by atoms with van der Waals surface area (Å²) >= 11 is 1.34. The largest absolute Gasteiger partial charge is 0.326 e. The molecule has 1 atom stereocenters. The SMILES string of the molecule is CC(=O)Nc1ccc(N2CC(C(=O)Nc3nnc(C(C)(C)C)s3)CC2=O)cc1. The van der Waals surface area contributed by atoms with Gasteiger partial charge in [-0.3, -0.25) is 14.4 Å². The van der Waals surface area contributed by atoms with Crippen molar-refractivity contribution in [1.82, 2.24) is 10.2 Å². The first-order valence-corrected chi connectivity index (χ1v) is 9.78. The van der Waals surface area contributed by atoms with Crippen molar-refractivity contribution in [2.24, 2.45) is 5.92 Å². The van der Waals surface area contributed by atoms with Gasteiger partial charge in [0.15, 0.2) is 0 Å². The van der Waals surface area contributed by atoms with E-state index in [1.807, 2.05) is 20.8 Å². The zero-order valence-corrected chi connectivity index (χ0v) is 17.1. The maximum Gasteiger partial charge on any atom is 0.231 e. The van der Waals surface area contributed by atoms with Crippen molar-refractivity contribution in [3.05, 3.63) is 29.3 Å². The van der Waals surface area contributed by atoms with Gasteiger partial charge in [0.2, 0.25) is 22.9 Å². The van der Waals surface area contributed by atoms with Gasteiger partial charge in [0.25, 0.3) is 0 Å². The number of amides is 3. The number of benzene rings is 1. The van der Waals surface area contributed by atoms with Gasteiger partial charge in [-0.05, 0) is 24.3 Å². The van der Waals surface area contributed by atoms with Crippen molar-refractivity contribution in [2.75, 3.05) is 22.1 Å². The van der Waals surface area contributed by atoms with Crippen molar-refractivity contribution in [1.29, 1.82) is 0 Å². The molecule has 1 unspecified atom stereocenters. The first kappa shape index (κ1) is 19.9. The monoisotopic (exact) mass is 401 g/mol. The first-order chi connectivity index (χ1) is 13.1. The molecule has 28 heavy (non-hydrogen) atoms. The van der Waals surface area contributed by atoms with Crippen LogP contribution in [0.25, 0.3) is 0 Å². The highest BCUT2D eigenvalue weighted by Crippen LogP contribution is 2.30. The summed E-state index contributed by atoms with van der Waals surface area (Å²) in [6.45, 7) is 7.83. The number of nitrogens with zero attached hydrogens (tertiary/aromatic N) is 3. The molecular weight excluding hydrogens is 378 g/mol. The molecule has 0 spiro atoms. The molecule has 148 valence electrons. The van der Waals surface area contributed by atoms with E-state index < -0.39 is 5.92 Å². The molecule has 0 saturated carbocycles. The third kappa shape index (κ3) is 4.53. The van der Waals surface area contributed by atoms with Gasteiger partial charge >= 0.3 is 0 Å². The smallest absolute Gasteiger partial charge is 0.231 e. The van der Waals surface area contributed by atoms with Gasteiger partial charge in [-0.15, -0.1) is 10.2 Å². The Morgan fingerprint density at radius 3 is 2.39 bits per heavy atom.